The van der Waals surface area contributed by atoms with Crippen LogP contribution in [0.5, 0.6) is 0 Å². The first-order chi connectivity index (χ1) is 18.6. The number of amides is 2. The minimum atomic E-state index is -3.78. The first-order valence-corrected chi connectivity index (χ1v) is 17.2. The quantitative estimate of drug-likeness (QED) is 0.342. The fourth-order valence-electron chi connectivity index (χ4n) is 5.71. The van der Waals surface area contributed by atoms with Gasteiger partial charge in [-0.15, -0.1) is 0 Å². The molecule has 1 aromatic rings. The molecule has 2 unspecified atom stereocenters. The Morgan fingerprint density at radius 2 is 1.82 bits per heavy atom. The van der Waals surface area contributed by atoms with Crippen LogP contribution in [0, 0.1) is 11.8 Å². The van der Waals surface area contributed by atoms with Crippen LogP contribution in [-0.2, 0) is 24.4 Å². The summed E-state index contributed by atoms with van der Waals surface area (Å²) < 4.78 is 28.1. The highest BCUT2D eigenvalue weighted by molar-refractivity contribution is 7.92. The molecule has 8 nitrogen and oxygen atoms in total. The first-order valence-electron chi connectivity index (χ1n) is 14.7. The number of unbranched alkanes of at least 4 members (excludes halogenated alkanes) is 1. The number of Topliss-reactive ketones (excluding diaryl/α,β-unsaturated/α-hetero) is 1. The molecule has 4 atom stereocenters. The monoisotopic (exact) mass is 580 g/mol. The molecule has 10 heteroatoms. The van der Waals surface area contributed by atoms with Crippen molar-refractivity contribution in [3.63, 3.8) is 0 Å². The molecule has 2 amide bonds. The molecule has 2 N–H and O–H groups in total. The number of ketones is 1. The van der Waals surface area contributed by atoms with E-state index < -0.39 is 22.1 Å². The summed E-state index contributed by atoms with van der Waals surface area (Å²) in [6.07, 6.45) is 11.3. The molecule has 0 bridgehead atoms. The van der Waals surface area contributed by atoms with Gasteiger partial charge in [0.25, 0.3) is 14.7 Å². The van der Waals surface area contributed by atoms with E-state index in [0.29, 0.717) is 30.3 Å². The van der Waals surface area contributed by atoms with Crippen LogP contribution in [0.25, 0.3) is 0 Å². The standard InChI is InChI=1S/C29H46N3O5PS/c1-21(2)19-25(30-27(34)14-8-7-13-23-11-5-4-6-12-23)29(35)31-24-17-16-22(3)32(20-26(24)33)39(36,37)28-15-9-10-18-38-28/h9-10,15,18,21-25H,4-8,11-14,16-17,19-20H2,1-3H3,(H,30,34)(H,31,35)/p+1/t22-,24?,25+/m1/s1. The average molecular weight is 581 g/mol. The third kappa shape index (κ3) is 9.65. The molecule has 39 heavy (non-hydrogen) atoms. The van der Waals surface area contributed by atoms with E-state index in [1.165, 1.54) is 42.8 Å². The van der Waals surface area contributed by atoms with Crippen LogP contribution in [0.1, 0.15) is 97.8 Å². The molecule has 1 aliphatic carbocycles. The van der Waals surface area contributed by atoms with E-state index in [0.717, 1.165) is 18.8 Å². The summed E-state index contributed by atoms with van der Waals surface area (Å²) in [6, 6.07) is 3.22. The molecular weight excluding hydrogens is 533 g/mol. The minimum Gasteiger partial charge on any atom is -0.344 e. The van der Waals surface area contributed by atoms with Gasteiger partial charge in [-0.1, -0.05) is 64.9 Å². The van der Waals surface area contributed by atoms with Crippen LogP contribution in [0.2, 0.25) is 0 Å². The van der Waals surface area contributed by atoms with Gasteiger partial charge in [0, 0.05) is 18.5 Å². The summed E-state index contributed by atoms with van der Waals surface area (Å²) in [5.41, 5.74) is 0. The lowest BCUT2D eigenvalue weighted by molar-refractivity contribution is -0.131. The maximum absolute atomic E-state index is 13.3. The fourth-order valence-corrected chi connectivity index (χ4v) is 8.80. The van der Waals surface area contributed by atoms with Gasteiger partial charge in [0.2, 0.25) is 11.8 Å². The van der Waals surface area contributed by atoms with E-state index >= 15 is 0 Å². The van der Waals surface area contributed by atoms with Crippen LogP contribution in [0.15, 0.2) is 28.6 Å². The van der Waals surface area contributed by atoms with Gasteiger partial charge in [0.1, 0.15) is 20.0 Å². The van der Waals surface area contributed by atoms with Crippen molar-refractivity contribution < 1.29 is 22.8 Å². The lowest BCUT2D eigenvalue weighted by atomic mass is 9.85. The van der Waals surface area contributed by atoms with Gasteiger partial charge in [0.05, 0.1) is 12.6 Å². The predicted octanol–water partition coefficient (Wildman–Crippen LogP) is 4.90. The van der Waals surface area contributed by atoms with Gasteiger partial charge >= 0.3 is 0 Å². The minimum absolute atomic E-state index is 0.0279. The van der Waals surface area contributed by atoms with Crippen LogP contribution in [0.4, 0.5) is 0 Å². The van der Waals surface area contributed by atoms with Crippen molar-refractivity contribution in [3.05, 3.63) is 24.0 Å². The van der Waals surface area contributed by atoms with Gasteiger partial charge in [-0.2, -0.15) is 4.31 Å². The van der Waals surface area contributed by atoms with E-state index in [4.69, 9.17) is 0 Å². The van der Waals surface area contributed by atoms with Gasteiger partial charge in [-0.3, -0.25) is 14.4 Å². The third-order valence-electron chi connectivity index (χ3n) is 8.00. The molecule has 218 valence electrons. The predicted molar refractivity (Wildman–Crippen MR) is 156 cm³/mol. The van der Waals surface area contributed by atoms with E-state index in [1.807, 2.05) is 19.9 Å². The van der Waals surface area contributed by atoms with Crippen LogP contribution < -0.4 is 10.6 Å². The summed E-state index contributed by atoms with van der Waals surface area (Å²) in [6.45, 7) is 5.51. The van der Waals surface area contributed by atoms with E-state index in [1.54, 1.807) is 24.9 Å². The van der Waals surface area contributed by atoms with Gasteiger partial charge in [-0.05, 0) is 50.5 Å². The van der Waals surface area contributed by atoms with Crippen molar-refractivity contribution in [2.75, 3.05) is 6.54 Å². The summed E-state index contributed by atoms with van der Waals surface area (Å²) in [5, 5.41) is 5.75. The molecular formula is C29H47N3O5PS+. The Balaban J connectivity index is 1.55. The van der Waals surface area contributed by atoms with Crippen molar-refractivity contribution in [1.29, 1.82) is 0 Å². The Morgan fingerprint density at radius 3 is 2.49 bits per heavy atom. The molecule has 1 aliphatic heterocycles. The topological polar surface area (TPSA) is 113 Å². The van der Waals surface area contributed by atoms with Crippen molar-refractivity contribution in [2.45, 2.75) is 121 Å². The number of sulfonamides is 1. The second-order valence-corrected chi connectivity index (χ2v) is 15.1. The second-order valence-electron chi connectivity index (χ2n) is 11.7. The Kier molecular flexibility index (Phi) is 12.4. The summed E-state index contributed by atoms with van der Waals surface area (Å²) in [7, 11) is -3.75. The van der Waals surface area contributed by atoms with Crippen molar-refractivity contribution in [3.8, 4) is 0 Å². The van der Waals surface area contributed by atoms with E-state index in [-0.39, 0.29) is 44.3 Å². The molecule has 1 saturated heterocycles. The Bertz CT molecular complexity index is 1060. The zero-order chi connectivity index (χ0) is 28.4. The van der Waals surface area contributed by atoms with Crippen molar-refractivity contribution in [1.82, 2.24) is 14.9 Å². The molecule has 2 aliphatic rings. The normalized spacial score (nSPS) is 22.5. The SMILES string of the molecule is CC(C)C[C@H](NC(=O)CCCCC1CCCCC1)C(=O)NC1CC[C@@H](C)N(S(=O)(=O)c2cccc[pH+]2)CC1=O. The summed E-state index contributed by atoms with van der Waals surface area (Å²) in [4.78, 5) is 39.1. The zero-order valence-corrected chi connectivity index (χ0v) is 25.6. The Labute approximate surface area is 236 Å². The number of carbonyl (C=O) groups excluding carboxylic acids is 3. The molecule has 1 saturated carbocycles. The van der Waals surface area contributed by atoms with E-state index in [2.05, 4.69) is 10.6 Å². The molecule has 0 aromatic carbocycles. The number of nitrogens with zero attached hydrogens (tertiary/aromatic N) is 1. The van der Waals surface area contributed by atoms with Crippen LogP contribution in [0.3, 0.4) is 0 Å². The highest BCUT2D eigenvalue weighted by Crippen LogP contribution is 2.29. The zero-order valence-electron chi connectivity index (χ0n) is 23.8. The van der Waals surface area contributed by atoms with Crippen LogP contribution >= 0.6 is 8.19 Å². The van der Waals surface area contributed by atoms with Crippen molar-refractivity contribution in [2.24, 2.45) is 11.8 Å². The summed E-state index contributed by atoms with van der Waals surface area (Å²) >= 11 is 0. The molecule has 2 heterocycles. The average Bonchev–Trinajstić information content (AvgIpc) is 3.05. The lowest BCUT2D eigenvalue weighted by Crippen LogP contribution is -2.52. The summed E-state index contributed by atoms with van der Waals surface area (Å²) in [5.74, 6) is 1.94. The number of hydrogen-bond donors (Lipinski definition) is 2. The molecule has 1 aromatic heterocycles. The smallest absolute Gasteiger partial charge is 0.283 e. The van der Waals surface area contributed by atoms with Crippen LogP contribution in [-0.4, -0.2) is 55.0 Å². The lowest BCUT2D eigenvalue weighted by Gasteiger charge is -2.24. The maximum Gasteiger partial charge on any atom is 0.283 e. The fraction of sp³-hybridized carbons (Fsp3) is 0.724. The molecule has 3 rings (SSSR count). The number of carbonyl (C=O) groups is 3. The van der Waals surface area contributed by atoms with Gasteiger partial charge < -0.3 is 10.6 Å². The van der Waals surface area contributed by atoms with Gasteiger partial charge in [0.15, 0.2) is 5.78 Å². The van der Waals surface area contributed by atoms with Crippen molar-refractivity contribution >= 4 is 35.8 Å². The Morgan fingerprint density at radius 1 is 1.08 bits per heavy atom. The second kappa shape index (κ2) is 15.2. The van der Waals surface area contributed by atoms with E-state index in [9.17, 15) is 22.8 Å². The molecule has 0 radical (unpaired) electrons. The third-order valence-corrected chi connectivity index (χ3v) is 11.7. The largest absolute Gasteiger partial charge is 0.344 e. The first kappa shape index (κ1) is 31.7. The number of hydrogen-bond acceptors (Lipinski definition) is 5. The highest BCUT2D eigenvalue weighted by Gasteiger charge is 2.39. The Hall–Kier alpha value is -1.83. The number of rotatable bonds is 12. The molecule has 0 spiro atoms. The molecule has 2 fully saturated rings. The maximum atomic E-state index is 13.3. The number of nitrogens with one attached hydrogen (secondary N) is 2. The van der Waals surface area contributed by atoms with Gasteiger partial charge in [-0.25, -0.2) is 8.42 Å². The highest BCUT2D eigenvalue weighted by atomic mass is 32.2.